The van der Waals surface area contributed by atoms with E-state index in [1.807, 2.05) is 46.0 Å². The molecule has 0 radical (unpaired) electrons. The molecule has 0 unspecified atom stereocenters. The van der Waals surface area contributed by atoms with Crippen LogP contribution in [0.2, 0.25) is 0 Å². The Morgan fingerprint density at radius 1 is 1.10 bits per heavy atom. The van der Waals surface area contributed by atoms with E-state index < -0.39 is 0 Å². The Morgan fingerprint density at radius 3 is 2.31 bits per heavy atom. The quantitative estimate of drug-likeness (QED) is 0.584. The molecule has 2 N–H and O–H groups in total. The van der Waals surface area contributed by atoms with Crippen molar-refractivity contribution in [1.29, 1.82) is 0 Å². The maximum absolute atomic E-state index is 8.07. The summed E-state index contributed by atoms with van der Waals surface area (Å²) in [4.78, 5) is 17.1. The molecule has 0 atom stereocenters. The molecule has 6 nitrogen and oxygen atoms in total. The van der Waals surface area contributed by atoms with Crippen LogP contribution in [-0.4, -0.2) is 38.8 Å². The number of H-pyrrole nitrogens is 1. The van der Waals surface area contributed by atoms with Crippen molar-refractivity contribution >= 4 is 11.2 Å². The molecule has 3 rings (SSSR count). The van der Waals surface area contributed by atoms with Gasteiger partial charge in [-0.3, -0.25) is 0 Å². The van der Waals surface area contributed by atoms with Gasteiger partial charge in [-0.2, -0.15) is 0 Å². The molecule has 0 aromatic carbocycles. The van der Waals surface area contributed by atoms with Crippen molar-refractivity contribution in [2.75, 3.05) is 13.7 Å². The first-order valence-corrected chi connectivity index (χ1v) is 10.4. The monoisotopic (exact) mass is 400 g/mol. The van der Waals surface area contributed by atoms with Gasteiger partial charge in [0.15, 0.2) is 5.65 Å². The number of hydrogen-bond acceptors (Lipinski definition) is 5. The maximum Gasteiger partial charge on any atom is 0.222 e. The minimum absolute atomic E-state index is 0.344. The molecule has 0 saturated heterocycles. The molecule has 3 heterocycles. The Kier molecular flexibility index (Phi) is 10.3. The number of rotatable bonds is 5. The minimum atomic E-state index is 0.344. The molecule has 3 aromatic heterocycles. The summed E-state index contributed by atoms with van der Waals surface area (Å²) in [7, 11) is 1.64. The van der Waals surface area contributed by atoms with Crippen LogP contribution in [0.1, 0.15) is 70.3 Å². The smallest absolute Gasteiger partial charge is 0.222 e. The molecule has 0 aliphatic carbocycles. The lowest BCUT2D eigenvalue weighted by atomic mass is 10.1. The third-order valence-electron chi connectivity index (χ3n) is 4.30. The second-order valence-corrected chi connectivity index (χ2v) is 6.85. The topological polar surface area (TPSA) is 83.9 Å². The second kappa shape index (κ2) is 12.2. The van der Waals surface area contributed by atoms with Crippen molar-refractivity contribution in [3.63, 3.8) is 0 Å². The van der Waals surface area contributed by atoms with Gasteiger partial charge in [-0.25, -0.2) is 15.0 Å². The molecule has 0 aliphatic rings. The van der Waals surface area contributed by atoms with Gasteiger partial charge in [-0.05, 0) is 43.9 Å². The van der Waals surface area contributed by atoms with Gasteiger partial charge in [0, 0.05) is 18.5 Å². The van der Waals surface area contributed by atoms with Gasteiger partial charge in [0.2, 0.25) is 5.88 Å². The number of pyridine rings is 1. The van der Waals surface area contributed by atoms with Crippen molar-refractivity contribution < 1.29 is 9.84 Å². The SMILES string of the molecule is CC.CCCCO.COc1nc(C(C)C)ccc1-c1nc2c(C)c[nH]c2nc1C. The van der Waals surface area contributed by atoms with Crippen molar-refractivity contribution in [2.24, 2.45) is 0 Å². The van der Waals surface area contributed by atoms with E-state index in [-0.39, 0.29) is 0 Å². The average molecular weight is 401 g/mol. The lowest BCUT2D eigenvalue weighted by Crippen LogP contribution is -2.01. The molecule has 160 valence electrons. The van der Waals surface area contributed by atoms with E-state index in [1.165, 1.54) is 0 Å². The number of hydrogen-bond donors (Lipinski definition) is 2. The number of aromatic nitrogens is 4. The van der Waals surface area contributed by atoms with Crippen molar-refractivity contribution in [3.05, 3.63) is 35.3 Å². The number of ether oxygens (including phenoxy) is 1. The van der Waals surface area contributed by atoms with Crippen LogP contribution in [0.4, 0.5) is 0 Å². The number of aryl methyl sites for hydroxylation is 2. The van der Waals surface area contributed by atoms with Gasteiger partial charge in [0.1, 0.15) is 5.52 Å². The summed E-state index contributed by atoms with van der Waals surface area (Å²) < 4.78 is 5.48. The first-order valence-electron chi connectivity index (χ1n) is 10.4. The van der Waals surface area contributed by atoms with Crippen molar-refractivity contribution in [3.8, 4) is 17.1 Å². The maximum atomic E-state index is 8.07. The highest BCUT2D eigenvalue weighted by Gasteiger charge is 2.16. The van der Waals surface area contributed by atoms with Gasteiger partial charge in [0.25, 0.3) is 0 Å². The Balaban J connectivity index is 0.000000527. The van der Waals surface area contributed by atoms with Crippen LogP contribution >= 0.6 is 0 Å². The fourth-order valence-corrected chi connectivity index (χ4v) is 2.67. The van der Waals surface area contributed by atoms with Gasteiger partial charge in [-0.1, -0.05) is 41.0 Å². The van der Waals surface area contributed by atoms with Crippen molar-refractivity contribution in [2.45, 2.75) is 67.2 Å². The zero-order valence-corrected chi connectivity index (χ0v) is 19.1. The zero-order chi connectivity index (χ0) is 22.0. The van der Waals surface area contributed by atoms with Crippen molar-refractivity contribution in [1.82, 2.24) is 19.9 Å². The number of nitrogens with zero attached hydrogens (tertiary/aromatic N) is 3. The molecule has 6 heteroatoms. The number of aromatic amines is 1. The fourth-order valence-electron chi connectivity index (χ4n) is 2.67. The fraction of sp³-hybridized carbons (Fsp3) is 0.522. The number of nitrogens with one attached hydrogen (secondary N) is 1. The molecule has 0 amide bonds. The first kappa shape index (κ1) is 24.6. The molecular formula is C23H36N4O2. The predicted octanol–water partition coefficient (Wildman–Crippen LogP) is 5.57. The van der Waals surface area contributed by atoms with E-state index >= 15 is 0 Å². The van der Waals surface area contributed by atoms with Gasteiger partial charge >= 0.3 is 0 Å². The second-order valence-electron chi connectivity index (χ2n) is 6.85. The summed E-state index contributed by atoms with van der Waals surface area (Å²) in [6.45, 7) is 14.6. The van der Waals surface area contributed by atoms with Crippen LogP contribution in [0.25, 0.3) is 22.4 Å². The molecule has 0 aliphatic heterocycles. The van der Waals surface area contributed by atoms with Crippen LogP contribution in [-0.2, 0) is 0 Å². The van der Waals surface area contributed by atoms with Crippen LogP contribution in [0.3, 0.4) is 0 Å². The lowest BCUT2D eigenvalue weighted by molar-refractivity contribution is 0.287. The summed E-state index contributed by atoms with van der Waals surface area (Å²) in [6.07, 6.45) is 3.96. The Morgan fingerprint density at radius 2 is 1.79 bits per heavy atom. The van der Waals surface area contributed by atoms with Crippen LogP contribution in [0.15, 0.2) is 18.3 Å². The molecule has 0 bridgehead atoms. The van der Waals surface area contributed by atoms with E-state index in [9.17, 15) is 0 Å². The summed E-state index contributed by atoms with van der Waals surface area (Å²) in [5.41, 5.74) is 6.32. The first-order chi connectivity index (χ1) is 13.9. The summed E-state index contributed by atoms with van der Waals surface area (Å²) in [5, 5.41) is 8.07. The molecule has 29 heavy (non-hydrogen) atoms. The molecular weight excluding hydrogens is 364 g/mol. The predicted molar refractivity (Wildman–Crippen MR) is 121 cm³/mol. The Bertz CT molecular complexity index is 886. The molecule has 3 aromatic rings. The third kappa shape index (κ3) is 6.26. The minimum Gasteiger partial charge on any atom is -0.480 e. The molecule has 0 saturated carbocycles. The largest absolute Gasteiger partial charge is 0.480 e. The standard InChI is InChI=1S/C17H20N4O.C4H10O.C2H6/c1-9(2)13-7-6-12(17(20-13)22-5)15-11(4)19-16-14(21-15)10(3)8-18-16;1-2-3-4-5;1-2/h6-9H,1-5H3,(H,18,19);5H,2-4H2,1H3;1-2H3. The number of methoxy groups -OCH3 is 1. The molecule has 0 fully saturated rings. The molecule has 0 spiro atoms. The zero-order valence-electron chi connectivity index (χ0n) is 19.1. The van der Waals surface area contributed by atoms with Gasteiger partial charge < -0.3 is 14.8 Å². The number of aliphatic hydroxyl groups is 1. The summed E-state index contributed by atoms with van der Waals surface area (Å²) in [5.74, 6) is 0.945. The van der Waals surface area contributed by atoms with Gasteiger partial charge in [0.05, 0.1) is 24.1 Å². The highest BCUT2D eigenvalue weighted by atomic mass is 16.5. The average Bonchev–Trinajstić information content (AvgIpc) is 3.09. The normalized spacial score (nSPS) is 10.3. The third-order valence-corrected chi connectivity index (χ3v) is 4.30. The van der Waals surface area contributed by atoms with E-state index in [4.69, 9.17) is 14.8 Å². The van der Waals surface area contributed by atoms with Gasteiger partial charge in [-0.15, -0.1) is 0 Å². The van der Waals surface area contributed by atoms with Crippen LogP contribution in [0.5, 0.6) is 5.88 Å². The summed E-state index contributed by atoms with van der Waals surface area (Å²) >= 11 is 0. The highest BCUT2D eigenvalue weighted by molar-refractivity contribution is 5.80. The Hall–Kier alpha value is -2.47. The number of fused-ring (bicyclic) bond motifs is 1. The highest BCUT2D eigenvalue weighted by Crippen LogP contribution is 2.31. The van der Waals surface area contributed by atoms with E-state index in [0.717, 1.165) is 52.2 Å². The number of aliphatic hydroxyl groups excluding tert-OH is 1. The number of unbranched alkanes of at least 4 members (excludes halogenated alkanes) is 1. The van der Waals surface area contributed by atoms with E-state index in [2.05, 4.69) is 35.7 Å². The lowest BCUT2D eigenvalue weighted by Gasteiger charge is -2.12. The Labute approximate surface area is 174 Å². The van der Waals surface area contributed by atoms with Crippen LogP contribution < -0.4 is 4.74 Å². The summed E-state index contributed by atoms with van der Waals surface area (Å²) in [6, 6.07) is 4.05. The van der Waals surface area contributed by atoms with Crippen LogP contribution in [0, 0.1) is 13.8 Å². The van der Waals surface area contributed by atoms with E-state index in [1.54, 1.807) is 7.11 Å². The van der Waals surface area contributed by atoms with E-state index in [0.29, 0.717) is 18.4 Å².